The van der Waals surface area contributed by atoms with Crippen molar-refractivity contribution < 1.29 is 23.8 Å². The van der Waals surface area contributed by atoms with E-state index in [4.69, 9.17) is 14.2 Å². The second kappa shape index (κ2) is 10.7. The lowest BCUT2D eigenvalue weighted by Crippen LogP contribution is -2.10. The van der Waals surface area contributed by atoms with E-state index in [1.807, 2.05) is 25.1 Å². The van der Waals surface area contributed by atoms with E-state index in [-0.39, 0.29) is 17.9 Å². The predicted octanol–water partition coefficient (Wildman–Crippen LogP) is 4.34. The molecule has 2 aromatic carbocycles. The Morgan fingerprint density at radius 1 is 1.00 bits per heavy atom. The van der Waals surface area contributed by atoms with E-state index in [1.54, 1.807) is 44.2 Å². The molecule has 6 nitrogen and oxygen atoms in total. The van der Waals surface area contributed by atoms with Crippen molar-refractivity contribution in [1.82, 2.24) is 0 Å². The molecule has 2 aromatic rings. The first kappa shape index (κ1) is 21.7. The lowest BCUT2D eigenvalue weighted by Gasteiger charge is -2.12. The summed E-state index contributed by atoms with van der Waals surface area (Å²) >= 11 is 0. The van der Waals surface area contributed by atoms with Crippen molar-refractivity contribution in [2.45, 2.75) is 27.2 Å². The van der Waals surface area contributed by atoms with Crippen molar-refractivity contribution in [2.24, 2.45) is 0 Å². The molecule has 0 amide bonds. The molecule has 0 aromatic heterocycles. The van der Waals surface area contributed by atoms with Crippen molar-refractivity contribution in [3.63, 3.8) is 0 Å². The highest BCUT2D eigenvalue weighted by atomic mass is 16.6. The number of carbonyl (C=O) groups is 2. The number of nitrogens with zero attached hydrogens (tertiary/aromatic N) is 1. The standard InChI is InChI=1S/C23H23NO5/c1-4-16-7-10-18(11-8-16)23(26)29-20-12-9-17(14-21(20)27-5-2)13-19(15-24)22(25)28-6-3/h7-14H,4-6H2,1-3H3/b19-13+. The number of ether oxygens (including phenoxy) is 3. The number of hydrogen-bond acceptors (Lipinski definition) is 6. The van der Waals surface area contributed by atoms with E-state index in [9.17, 15) is 14.9 Å². The van der Waals surface area contributed by atoms with Gasteiger partial charge in [-0.3, -0.25) is 0 Å². The Morgan fingerprint density at radius 3 is 2.31 bits per heavy atom. The van der Waals surface area contributed by atoms with Crippen LogP contribution in [-0.4, -0.2) is 25.2 Å². The summed E-state index contributed by atoms with van der Waals surface area (Å²) in [5.74, 6) is -0.607. The minimum absolute atomic E-state index is 0.130. The molecule has 0 aliphatic carbocycles. The zero-order chi connectivity index (χ0) is 21.2. The largest absolute Gasteiger partial charge is 0.490 e. The van der Waals surface area contributed by atoms with Gasteiger partial charge in [-0.1, -0.05) is 25.1 Å². The van der Waals surface area contributed by atoms with Crippen LogP contribution in [0.3, 0.4) is 0 Å². The van der Waals surface area contributed by atoms with Crippen molar-refractivity contribution in [2.75, 3.05) is 13.2 Å². The SMILES string of the molecule is CCOC(=O)/C(C#N)=C/c1ccc(OC(=O)c2ccc(CC)cc2)c(OCC)c1. The molecule has 0 unspecified atom stereocenters. The maximum Gasteiger partial charge on any atom is 0.348 e. The highest BCUT2D eigenvalue weighted by Crippen LogP contribution is 2.30. The van der Waals surface area contributed by atoms with Crippen LogP contribution in [0, 0.1) is 11.3 Å². The van der Waals surface area contributed by atoms with E-state index in [1.165, 1.54) is 6.08 Å². The number of hydrogen-bond donors (Lipinski definition) is 0. The second-order valence-corrected chi connectivity index (χ2v) is 5.97. The van der Waals surface area contributed by atoms with Crippen molar-refractivity contribution in [3.05, 3.63) is 64.7 Å². The summed E-state index contributed by atoms with van der Waals surface area (Å²) in [7, 11) is 0. The molecule has 29 heavy (non-hydrogen) atoms. The average Bonchev–Trinajstić information content (AvgIpc) is 2.74. The summed E-state index contributed by atoms with van der Waals surface area (Å²) in [5.41, 5.74) is 1.98. The first-order valence-corrected chi connectivity index (χ1v) is 9.39. The van der Waals surface area contributed by atoms with Crippen molar-refractivity contribution >= 4 is 18.0 Å². The fourth-order valence-electron chi connectivity index (χ4n) is 2.51. The minimum Gasteiger partial charge on any atom is -0.490 e. The number of esters is 2. The number of benzene rings is 2. The molecule has 0 bridgehead atoms. The van der Waals surface area contributed by atoms with Gasteiger partial charge in [0, 0.05) is 0 Å². The highest BCUT2D eigenvalue weighted by molar-refractivity contribution is 5.98. The molecule has 2 rings (SSSR count). The van der Waals surface area contributed by atoms with Crippen LogP contribution in [0.5, 0.6) is 11.5 Å². The van der Waals surface area contributed by atoms with Gasteiger partial charge in [0.05, 0.1) is 18.8 Å². The number of aryl methyl sites for hydroxylation is 1. The quantitative estimate of drug-likeness (QED) is 0.287. The Bertz CT molecular complexity index is 939. The molecule has 150 valence electrons. The molecule has 0 saturated carbocycles. The van der Waals surface area contributed by atoms with Gasteiger partial charge in [0.15, 0.2) is 11.5 Å². The van der Waals surface area contributed by atoms with E-state index < -0.39 is 11.9 Å². The molecule has 0 atom stereocenters. The summed E-state index contributed by atoms with van der Waals surface area (Å²) < 4.78 is 15.9. The minimum atomic E-state index is -0.695. The second-order valence-electron chi connectivity index (χ2n) is 5.97. The van der Waals surface area contributed by atoms with E-state index in [0.717, 1.165) is 12.0 Å². The molecule has 0 fully saturated rings. The van der Waals surface area contributed by atoms with Crippen LogP contribution in [0.4, 0.5) is 0 Å². The van der Waals surface area contributed by atoms with Gasteiger partial charge in [0.1, 0.15) is 11.6 Å². The van der Waals surface area contributed by atoms with Crippen LogP contribution < -0.4 is 9.47 Å². The molecule has 6 heteroatoms. The third-order valence-electron chi connectivity index (χ3n) is 3.99. The maximum atomic E-state index is 12.4. The first-order chi connectivity index (χ1) is 14.0. The Hall–Kier alpha value is -3.59. The fraction of sp³-hybridized carbons (Fsp3) is 0.261. The smallest absolute Gasteiger partial charge is 0.348 e. The summed E-state index contributed by atoms with van der Waals surface area (Å²) in [6.07, 6.45) is 2.28. The van der Waals surface area contributed by atoms with Crippen LogP contribution >= 0.6 is 0 Å². The third kappa shape index (κ3) is 5.94. The van der Waals surface area contributed by atoms with E-state index >= 15 is 0 Å². The van der Waals surface area contributed by atoms with E-state index in [2.05, 4.69) is 0 Å². The monoisotopic (exact) mass is 393 g/mol. The van der Waals surface area contributed by atoms with Crippen LogP contribution in [0.1, 0.15) is 42.3 Å². The Balaban J connectivity index is 2.27. The number of nitriles is 1. The first-order valence-electron chi connectivity index (χ1n) is 9.39. The number of rotatable bonds is 8. The zero-order valence-corrected chi connectivity index (χ0v) is 16.7. The molecule has 0 radical (unpaired) electrons. The van der Waals surface area contributed by atoms with Gasteiger partial charge >= 0.3 is 11.9 Å². The van der Waals surface area contributed by atoms with E-state index in [0.29, 0.717) is 23.5 Å². The normalized spacial score (nSPS) is 10.8. The van der Waals surface area contributed by atoms with Gasteiger partial charge in [-0.15, -0.1) is 0 Å². The average molecular weight is 393 g/mol. The summed E-state index contributed by atoms with van der Waals surface area (Å²) in [4.78, 5) is 24.2. The molecule has 0 aliphatic heterocycles. The Morgan fingerprint density at radius 2 is 1.72 bits per heavy atom. The summed E-state index contributed by atoms with van der Waals surface area (Å²) in [6.45, 7) is 6.04. The molecule has 0 aliphatic rings. The summed E-state index contributed by atoms with van der Waals surface area (Å²) in [5, 5.41) is 9.17. The Labute approximate surface area is 170 Å². The van der Waals surface area contributed by atoms with Crippen molar-refractivity contribution in [1.29, 1.82) is 5.26 Å². The highest BCUT2D eigenvalue weighted by Gasteiger charge is 2.15. The lowest BCUT2D eigenvalue weighted by molar-refractivity contribution is -0.137. The molecule has 0 saturated heterocycles. The van der Waals surface area contributed by atoms with Gasteiger partial charge in [-0.25, -0.2) is 9.59 Å². The van der Waals surface area contributed by atoms with Crippen LogP contribution in [0.25, 0.3) is 6.08 Å². The fourth-order valence-corrected chi connectivity index (χ4v) is 2.51. The van der Waals surface area contributed by atoms with Gasteiger partial charge in [0.25, 0.3) is 0 Å². The number of carbonyl (C=O) groups excluding carboxylic acids is 2. The van der Waals surface area contributed by atoms with Gasteiger partial charge in [-0.05, 0) is 61.7 Å². The van der Waals surface area contributed by atoms with Gasteiger partial charge < -0.3 is 14.2 Å². The van der Waals surface area contributed by atoms with Crippen molar-refractivity contribution in [3.8, 4) is 17.6 Å². The van der Waals surface area contributed by atoms with Gasteiger partial charge in [-0.2, -0.15) is 5.26 Å². The topological polar surface area (TPSA) is 85.6 Å². The Kier molecular flexibility index (Phi) is 7.99. The zero-order valence-electron chi connectivity index (χ0n) is 16.7. The maximum absolute atomic E-state index is 12.4. The predicted molar refractivity (Wildman–Crippen MR) is 109 cm³/mol. The molecular weight excluding hydrogens is 370 g/mol. The molecule has 0 N–H and O–H groups in total. The van der Waals surface area contributed by atoms with Crippen LogP contribution in [0.15, 0.2) is 48.0 Å². The summed E-state index contributed by atoms with van der Waals surface area (Å²) in [6, 6.07) is 13.8. The van der Waals surface area contributed by atoms with Crippen LogP contribution in [0.2, 0.25) is 0 Å². The van der Waals surface area contributed by atoms with Gasteiger partial charge in [0.2, 0.25) is 0 Å². The molecule has 0 heterocycles. The third-order valence-corrected chi connectivity index (χ3v) is 3.99. The lowest BCUT2D eigenvalue weighted by atomic mass is 10.1. The molecular formula is C23H23NO5. The van der Waals surface area contributed by atoms with Crippen LogP contribution in [-0.2, 0) is 16.0 Å². The molecule has 0 spiro atoms.